The number of hydrogen-bond donors (Lipinski definition) is 0. The first-order valence-electron chi connectivity index (χ1n) is 4.48. The number of rotatable bonds is 2. The maximum absolute atomic E-state index is 5.69. The molecule has 12 heavy (non-hydrogen) atoms. The van der Waals surface area contributed by atoms with Crippen molar-refractivity contribution >= 4 is 0 Å². The Labute approximate surface area is 74.6 Å². The molecule has 1 aliphatic rings. The quantitative estimate of drug-likeness (QED) is 0.592. The average molecular weight is 170 g/mol. The smallest absolute Gasteiger partial charge is 0.160 e. The van der Waals surface area contributed by atoms with E-state index in [4.69, 9.17) is 9.47 Å². The van der Waals surface area contributed by atoms with Gasteiger partial charge in [-0.05, 0) is 19.8 Å². The van der Waals surface area contributed by atoms with Gasteiger partial charge in [0.15, 0.2) is 6.29 Å². The van der Waals surface area contributed by atoms with Crippen LogP contribution in [-0.4, -0.2) is 19.5 Å². The summed E-state index contributed by atoms with van der Waals surface area (Å²) in [5.74, 6) is 0.505. The minimum atomic E-state index is -0.0413. The Balaban J connectivity index is 2.49. The molecule has 3 atom stereocenters. The lowest BCUT2D eigenvalue weighted by Gasteiger charge is -2.33. The van der Waals surface area contributed by atoms with Crippen molar-refractivity contribution in [2.45, 2.75) is 39.1 Å². The van der Waals surface area contributed by atoms with Gasteiger partial charge in [-0.1, -0.05) is 19.1 Å². The van der Waals surface area contributed by atoms with Crippen molar-refractivity contribution in [1.29, 1.82) is 0 Å². The van der Waals surface area contributed by atoms with E-state index in [9.17, 15) is 0 Å². The van der Waals surface area contributed by atoms with Crippen LogP contribution in [0.3, 0.4) is 0 Å². The van der Waals surface area contributed by atoms with Crippen LogP contribution in [0.5, 0.6) is 0 Å². The first kappa shape index (κ1) is 9.75. The van der Waals surface area contributed by atoms with Crippen LogP contribution in [0.15, 0.2) is 12.2 Å². The predicted octanol–water partition coefficient (Wildman–Crippen LogP) is 2.35. The molecule has 0 aromatic carbocycles. The largest absolute Gasteiger partial charge is 0.356 e. The van der Waals surface area contributed by atoms with Crippen LogP contribution in [0.2, 0.25) is 0 Å². The monoisotopic (exact) mass is 170 g/mol. The molecular weight excluding hydrogens is 152 g/mol. The fraction of sp³-hybridized carbons (Fsp3) is 0.800. The van der Waals surface area contributed by atoms with Crippen molar-refractivity contribution in [2.24, 2.45) is 5.92 Å². The molecule has 1 rings (SSSR count). The van der Waals surface area contributed by atoms with Gasteiger partial charge in [-0.25, -0.2) is 0 Å². The van der Waals surface area contributed by atoms with Gasteiger partial charge in [0.1, 0.15) is 0 Å². The summed E-state index contributed by atoms with van der Waals surface area (Å²) in [5.41, 5.74) is 1.10. The van der Waals surface area contributed by atoms with E-state index in [1.54, 1.807) is 7.11 Å². The summed E-state index contributed by atoms with van der Waals surface area (Å²) in [6, 6.07) is 0. The summed E-state index contributed by atoms with van der Waals surface area (Å²) in [4.78, 5) is 0. The van der Waals surface area contributed by atoms with Gasteiger partial charge in [-0.2, -0.15) is 0 Å². The molecule has 0 saturated carbocycles. The van der Waals surface area contributed by atoms with Crippen LogP contribution in [0.1, 0.15) is 26.7 Å². The van der Waals surface area contributed by atoms with Crippen molar-refractivity contribution in [1.82, 2.24) is 0 Å². The highest BCUT2D eigenvalue weighted by Crippen LogP contribution is 2.27. The van der Waals surface area contributed by atoms with E-state index in [1.807, 2.05) is 6.92 Å². The molecule has 0 bridgehead atoms. The van der Waals surface area contributed by atoms with E-state index in [0.717, 1.165) is 18.4 Å². The standard InChI is InChI=1S/C10H18O2/c1-7(2)9-6-5-8(3)10(11-4)12-9/h8-10H,1,5-6H2,2-4H3/t8-,9-,10-/m0/s1. The second kappa shape index (κ2) is 4.06. The van der Waals surface area contributed by atoms with Crippen molar-refractivity contribution in [3.05, 3.63) is 12.2 Å². The Morgan fingerprint density at radius 2 is 2.17 bits per heavy atom. The molecule has 70 valence electrons. The SMILES string of the molecule is C=C(C)[C@@H]1CC[C@H](C)[C@@H](OC)O1. The molecule has 0 aromatic heterocycles. The van der Waals surface area contributed by atoms with E-state index < -0.39 is 0 Å². The Kier molecular flexibility index (Phi) is 3.29. The lowest BCUT2D eigenvalue weighted by Crippen LogP contribution is -2.35. The van der Waals surface area contributed by atoms with Gasteiger partial charge in [0.25, 0.3) is 0 Å². The molecule has 0 aromatic rings. The van der Waals surface area contributed by atoms with Crippen molar-refractivity contribution < 1.29 is 9.47 Å². The van der Waals surface area contributed by atoms with Crippen LogP contribution in [0.4, 0.5) is 0 Å². The van der Waals surface area contributed by atoms with E-state index >= 15 is 0 Å². The lowest BCUT2D eigenvalue weighted by molar-refractivity contribution is -0.196. The van der Waals surface area contributed by atoms with Crippen LogP contribution >= 0.6 is 0 Å². The Bertz CT molecular complexity index is 165. The molecule has 1 saturated heterocycles. The fourth-order valence-electron chi connectivity index (χ4n) is 1.56. The third-order valence-corrected chi connectivity index (χ3v) is 2.43. The Morgan fingerprint density at radius 3 is 2.67 bits per heavy atom. The molecular formula is C10H18O2. The molecule has 1 heterocycles. The molecule has 1 fully saturated rings. The van der Waals surface area contributed by atoms with Crippen LogP contribution < -0.4 is 0 Å². The zero-order chi connectivity index (χ0) is 9.14. The van der Waals surface area contributed by atoms with Gasteiger partial charge in [0, 0.05) is 13.0 Å². The molecule has 2 heteroatoms. The summed E-state index contributed by atoms with van der Waals surface area (Å²) in [7, 11) is 1.70. The van der Waals surface area contributed by atoms with E-state index in [2.05, 4.69) is 13.5 Å². The third-order valence-electron chi connectivity index (χ3n) is 2.43. The molecule has 0 spiro atoms. The van der Waals surface area contributed by atoms with Crippen LogP contribution in [-0.2, 0) is 9.47 Å². The Hall–Kier alpha value is -0.340. The summed E-state index contributed by atoms with van der Waals surface area (Å²) >= 11 is 0. The first-order valence-corrected chi connectivity index (χ1v) is 4.48. The van der Waals surface area contributed by atoms with Crippen LogP contribution in [0, 0.1) is 5.92 Å². The number of hydrogen-bond acceptors (Lipinski definition) is 2. The maximum Gasteiger partial charge on any atom is 0.160 e. The minimum Gasteiger partial charge on any atom is -0.356 e. The molecule has 0 radical (unpaired) electrons. The second-order valence-electron chi connectivity index (χ2n) is 3.63. The molecule has 0 amide bonds. The van der Waals surface area contributed by atoms with Gasteiger partial charge in [-0.3, -0.25) is 0 Å². The Morgan fingerprint density at radius 1 is 1.50 bits per heavy atom. The zero-order valence-electron chi connectivity index (χ0n) is 8.17. The maximum atomic E-state index is 5.69. The highest BCUT2D eigenvalue weighted by molar-refractivity contribution is 4.99. The van der Waals surface area contributed by atoms with Gasteiger partial charge in [-0.15, -0.1) is 0 Å². The number of ether oxygens (including phenoxy) is 2. The molecule has 2 nitrogen and oxygen atoms in total. The second-order valence-corrected chi connectivity index (χ2v) is 3.63. The van der Waals surface area contributed by atoms with Crippen molar-refractivity contribution in [3.8, 4) is 0 Å². The van der Waals surface area contributed by atoms with Crippen molar-refractivity contribution in [2.75, 3.05) is 7.11 Å². The fourth-order valence-corrected chi connectivity index (χ4v) is 1.56. The van der Waals surface area contributed by atoms with Gasteiger partial charge in [0.05, 0.1) is 6.10 Å². The number of methoxy groups -OCH3 is 1. The minimum absolute atomic E-state index is 0.0413. The van der Waals surface area contributed by atoms with Crippen LogP contribution in [0.25, 0.3) is 0 Å². The summed E-state index contributed by atoms with van der Waals surface area (Å²) in [6.45, 7) is 8.05. The lowest BCUT2D eigenvalue weighted by atomic mass is 9.96. The third kappa shape index (κ3) is 2.08. The average Bonchev–Trinajstić information content (AvgIpc) is 2.05. The highest BCUT2D eigenvalue weighted by atomic mass is 16.7. The predicted molar refractivity (Wildman–Crippen MR) is 48.9 cm³/mol. The molecule has 0 N–H and O–H groups in total. The molecule has 0 unspecified atom stereocenters. The van der Waals surface area contributed by atoms with E-state index in [1.165, 1.54) is 0 Å². The van der Waals surface area contributed by atoms with Gasteiger partial charge in [0.2, 0.25) is 0 Å². The molecule has 0 aliphatic carbocycles. The first-order chi connectivity index (χ1) is 5.65. The zero-order valence-corrected chi connectivity index (χ0v) is 8.17. The topological polar surface area (TPSA) is 18.5 Å². The van der Waals surface area contributed by atoms with E-state index in [0.29, 0.717) is 5.92 Å². The summed E-state index contributed by atoms with van der Waals surface area (Å²) in [6.07, 6.45) is 2.40. The molecule has 1 aliphatic heterocycles. The van der Waals surface area contributed by atoms with Gasteiger partial charge >= 0.3 is 0 Å². The van der Waals surface area contributed by atoms with Crippen molar-refractivity contribution in [3.63, 3.8) is 0 Å². The van der Waals surface area contributed by atoms with E-state index in [-0.39, 0.29) is 12.4 Å². The normalized spacial score (nSPS) is 36.4. The highest BCUT2D eigenvalue weighted by Gasteiger charge is 2.28. The summed E-state index contributed by atoms with van der Waals surface area (Å²) < 4.78 is 10.9. The summed E-state index contributed by atoms with van der Waals surface area (Å²) in [5, 5.41) is 0. The van der Waals surface area contributed by atoms with Gasteiger partial charge < -0.3 is 9.47 Å².